The van der Waals surface area contributed by atoms with Gasteiger partial charge in [-0.3, -0.25) is 4.79 Å². The van der Waals surface area contributed by atoms with Crippen LogP contribution in [0, 0.1) is 0 Å². The Kier molecular flexibility index (Phi) is 4.85. The summed E-state index contributed by atoms with van der Waals surface area (Å²) in [6.45, 7) is 8.21. The second kappa shape index (κ2) is 7.59. The summed E-state index contributed by atoms with van der Waals surface area (Å²) in [6, 6.07) is 8.15. The van der Waals surface area contributed by atoms with E-state index in [-0.39, 0.29) is 11.1 Å². The minimum Gasteiger partial charge on any atom is -0.369 e. The molecule has 1 aliphatic heterocycles. The molecular weight excluding hydrogens is 406 g/mol. The predicted molar refractivity (Wildman–Crippen MR) is 122 cm³/mol. The summed E-state index contributed by atoms with van der Waals surface area (Å²) < 4.78 is 5.20. The van der Waals surface area contributed by atoms with E-state index in [1.807, 2.05) is 26.0 Å². The summed E-state index contributed by atoms with van der Waals surface area (Å²) in [5.41, 5.74) is 10.5. The van der Waals surface area contributed by atoms with Crippen molar-refractivity contribution in [1.82, 2.24) is 20.0 Å². The van der Waals surface area contributed by atoms with Gasteiger partial charge in [0.05, 0.1) is 0 Å². The molecule has 0 radical (unpaired) electrons. The highest BCUT2D eigenvalue weighted by molar-refractivity contribution is 5.95. The molecule has 9 nitrogen and oxygen atoms in total. The van der Waals surface area contributed by atoms with E-state index in [2.05, 4.69) is 44.4 Å². The molecule has 0 bridgehead atoms. The topological polar surface area (TPSA) is 113 Å². The van der Waals surface area contributed by atoms with Crippen LogP contribution < -0.4 is 16.0 Å². The van der Waals surface area contributed by atoms with Crippen LogP contribution in [0.25, 0.3) is 11.4 Å². The number of rotatable bonds is 4. The Bertz CT molecular complexity index is 1160. The van der Waals surface area contributed by atoms with E-state index in [4.69, 9.17) is 15.2 Å². The maximum absolute atomic E-state index is 12.3. The molecule has 0 saturated carbocycles. The fraction of sp³-hybridized carbons (Fsp3) is 0.391. The Morgan fingerprint density at radius 3 is 2.50 bits per heavy atom. The average molecular weight is 434 g/mol. The number of fused-ring (bicyclic) bond motifs is 3. The van der Waals surface area contributed by atoms with E-state index in [1.165, 1.54) is 5.69 Å². The number of anilines is 3. The van der Waals surface area contributed by atoms with Crippen molar-refractivity contribution in [2.75, 3.05) is 43.4 Å². The molecule has 1 amide bonds. The lowest BCUT2D eigenvalue weighted by atomic mass is 9.73. The molecule has 0 unspecified atom stereocenters. The van der Waals surface area contributed by atoms with Crippen molar-refractivity contribution in [3.63, 3.8) is 0 Å². The lowest BCUT2D eigenvalue weighted by Crippen LogP contribution is -2.44. The number of nitrogens with two attached hydrogens (primary N) is 1. The number of amides is 1. The molecule has 0 spiro atoms. The molecule has 1 fully saturated rings. The minimum atomic E-state index is -0.586. The van der Waals surface area contributed by atoms with Gasteiger partial charge in [0.15, 0.2) is 0 Å². The molecule has 3 N–H and O–H groups in total. The van der Waals surface area contributed by atoms with Crippen LogP contribution in [0.3, 0.4) is 0 Å². The second-order valence-electron chi connectivity index (χ2n) is 9.19. The number of carbonyl (C=O) groups is 1. The Labute approximate surface area is 186 Å². The number of nitrogens with one attached hydrogen (secondary N) is 1. The summed E-state index contributed by atoms with van der Waals surface area (Å²) in [6.07, 6.45) is 2.30. The Balaban J connectivity index is 1.47. The van der Waals surface area contributed by atoms with Gasteiger partial charge < -0.3 is 25.4 Å². The fourth-order valence-corrected chi connectivity index (χ4v) is 4.60. The number of likely N-dealkylation sites (N-methyl/N-ethyl adjacent to an activating group) is 1. The van der Waals surface area contributed by atoms with E-state index in [0.717, 1.165) is 37.4 Å². The van der Waals surface area contributed by atoms with Crippen LogP contribution in [0.4, 0.5) is 17.3 Å². The van der Waals surface area contributed by atoms with Gasteiger partial charge in [-0.15, -0.1) is 0 Å². The van der Waals surface area contributed by atoms with Crippen molar-refractivity contribution >= 4 is 23.2 Å². The summed E-state index contributed by atoms with van der Waals surface area (Å²) in [5.74, 6) is -0.284. The first-order valence-electron chi connectivity index (χ1n) is 10.8. The van der Waals surface area contributed by atoms with E-state index >= 15 is 0 Å². The van der Waals surface area contributed by atoms with Gasteiger partial charge in [0.25, 0.3) is 5.91 Å². The van der Waals surface area contributed by atoms with Crippen LogP contribution in [0.15, 0.2) is 35.1 Å². The average Bonchev–Trinajstić information content (AvgIpc) is 3.22. The van der Waals surface area contributed by atoms with Crippen LogP contribution in [-0.2, 0) is 11.8 Å². The Morgan fingerprint density at radius 1 is 1.09 bits per heavy atom. The molecule has 1 aliphatic carbocycles. The fourth-order valence-electron chi connectivity index (χ4n) is 4.60. The summed E-state index contributed by atoms with van der Waals surface area (Å²) >= 11 is 0. The number of aromatic nitrogens is 3. The lowest BCUT2D eigenvalue weighted by Gasteiger charge is -2.34. The quantitative estimate of drug-likeness (QED) is 0.645. The monoisotopic (exact) mass is 433 g/mol. The number of piperazine rings is 1. The molecule has 1 aromatic carbocycles. The molecule has 166 valence electrons. The van der Waals surface area contributed by atoms with Gasteiger partial charge in [0.1, 0.15) is 23.3 Å². The number of hydrogen-bond donors (Lipinski definition) is 2. The van der Waals surface area contributed by atoms with Crippen molar-refractivity contribution in [1.29, 1.82) is 0 Å². The number of primary amides is 1. The van der Waals surface area contributed by atoms with Crippen LogP contribution in [0.1, 0.15) is 35.5 Å². The van der Waals surface area contributed by atoms with Gasteiger partial charge in [-0.1, -0.05) is 19.0 Å². The molecule has 9 heteroatoms. The molecule has 3 aromatic rings. The van der Waals surface area contributed by atoms with Gasteiger partial charge in [-0.05, 0) is 43.1 Å². The van der Waals surface area contributed by atoms with Gasteiger partial charge in [-0.2, -0.15) is 0 Å². The number of hydrogen-bond acceptors (Lipinski definition) is 8. The zero-order valence-electron chi connectivity index (χ0n) is 18.6. The first kappa shape index (κ1) is 20.4. The maximum Gasteiger partial charge on any atom is 0.267 e. The van der Waals surface area contributed by atoms with Crippen LogP contribution in [-0.4, -0.2) is 59.2 Å². The van der Waals surface area contributed by atoms with Crippen LogP contribution >= 0.6 is 0 Å². The molecule has 32 heavy (non-hydrogen) atoms. The summed E-state index contributed by atoms with van der Waals surface area (Å²) in [4.78, 5) is 26.2. The molecule has 2 aliphatic rings. The number of benzene rings is 1. The van der Waals surface area contributed by atoms with E-state index in [0.29, 0.717) is 29.3 Å². The number of nitrogens with zero attached hydrogens (tertiary/aromatic N) is 5. The standard InChI is InChI=1S/C23H27N7O2/c1-23(2)12-14-13-32-28-18(14)19-17(23)20(21(24)31)27-22(26-19)25-15-4-6-16(7-5-15)30-10-8-29(3)9-11-30/h4-7,13H,8-12H2,1-3H3,(H2,24,31)(H,25,26,27). The molecular formula is C23H27N7O2. The molecule has 1 saturated heterocycles. The summed E-state index contributed by atoms with van der Waals surface area (Å²) in [7, 11) is 2.15. The first-order valence-corrected chi connectivity index (χ1v) is 10.8. The van der Waals surface area contributed by atoms with Gasteiger partial charge in [-0.25, -0.2) is 9.97 Å². The highest BCUT2D eigenvalue weighted by Crippen LogP contribution is 2.43. The van der Waals surface area contributed by atoms with Crippen molar-refractivity contribution < 1.29 is 9.32 Å². The largest absolute Gasteiger partial charge is 0.369 e. The Hall–Kier alpha value is -3.46. The third-order valence-corrected chi connectivity index (χ3v) is 6.31. The van der Waals surface area contributed by atoms with Crippen LogP contribution in [0.5, 0.6) is 0 Å². The zero-order chi connectivity index (χ0) is 22.5. The van der Waals surface area contributed by atoms with Gasteiger partial charge in [0, 0.05) is 48.7 Å². The highest BCUT2D eigenvalue weighted by atomic mass is 16.5. The first-order chi connectivity index (χ1) is 15.3. The van der Waals surface area contributed by atoms with Crippen LogP contribution in [0.2, 0.25) is 0 Å². The molecule has 3 heterocycles. The third kappa shape index (κ3) is 3.58. The van der Waals surface area contributed by atoms with E-state index in [9.17, 15) is 4.79 Å². The normalized spacial score (nSPS) is 17.5. The maximum atomic E-state index is 12.3. The third-order valence-electron chi connectivity index (χ3n) is 6.31. The van der Waals surface area contributed by atoms with Gasteiger partial charge >= 0.3 is 0 Å². The lowest BCUT2D eigenvalue weighted by molar-refractivity contribution is 0.0993. The SMILES string of the molecule is CN1CCN(c2ccc(Nc3nc(C(N)=O)c4c(n3)-c3nocc3CC4(C)C)cc2)CC1. The zero-order valence-corrected chi connectivity index (χ0v) is 18.6. The number of carbonyl (C=O) groups excluding carboxylic acids is 1. The van der Waals surface area contributed by atoms with E-state index in [1.54, 1.807) is 6.26 Å². The second-order valence-corrected chi connectivity index (χ2v) is 9.19. The summed E-state index contributed by atoms with van der Waals surface area (Å²) in [5, 5.41) is 7.35. The van der Waals surface area contributed by atoms with Crippen molar-refractivity contribution in [3.05, 3.63) is 47.3 Å². The van der Waals surface area contributed by atoms with Gasteiger partial charge in [0.2, 0.25) is 5.95 Å². The predicted octanol–water partition coefficient (Wildman–Crippen LogP) is 2.56. The molecule has 2 aromatic heterocycles. The molecule has 5 rings (SSSR count). The Morgan fingerprint density at radius 2 is 1.81 bits per heavy atom. The molecule has 0 atom stereocenters. The van der Waals surface area contributed by atoms with Crippen molar-refractivity contribution in [2.24, 2.45) is 5.73 Å². The smallest absolute Gasteiger partial charge is 0.267 e. The highest BCUT2D eigenvalue weighted by Gasteiger charge is 2.38. The minimum absolute atomic E-state index is 0.213. The van der Waals surface area contributed by atoms with Crippen molar-refractivity contribution in [3.8, 4) is 11.4 Å². The van der Waals surface area contributed by atoms with Crippen molar-refractivity contribution in [2.45, 2.75) is 25.7 Å². The van der Waals surface area contributed by atoms with E-state index < -0.39 is 5.91 Å².